The Morgan fingerprint density at radius 2 is 1.79 bits per heavy atom. The molecule has 0 aliphatic carbocycles. The molecular weight excluding hydrogens is 538 g/mol. The highest BCUT2D eigenvalue weighted by Crippen LogP contribution is 2.31. The average Bonchev–Trinajstić information content (AvgIpc) is 3.58. The summed E-state index contributed by atoms with van der Waals surface area (Å²) < 4.78 is 4.79. The summed E-state index contributed by atoms with van der Waals surface area (Å²) in [6.07, 6.45) is 4.75. The molecule has 0 radical (unpaired) electrons. The quantitative estimate of drug-likeness (QED) is 0.292. The molecule has 0 saturated heterocycles. The molecule has 4 amide bonds. The number of rotatable bonds is 11. The van der Waals surface area contributed by atoms with Gasteiger partial charge in [-0.3, -0.25) is 4.90 Å². The van der Waals surface area contributed by atoms with Crippen LogP contribution in [0.5, 0.6) is 0 Å². The topological polar surface area (TPSA) is 177 Å². The maximum Gasteiger partial charge on any atom is 0.432 e. The molecule has 0 spiro atoms. The van der Waals surface area contributed by atoms with Gasteiger partial charge in [0.05, 0.1) is 6.04 Å². The van der Waals surface area contributed by atoms with Crippen molar-refractivity contribution in [2.75, 3.05) is 0 Å². The Balaban J connectivity index is 1.92. The second-order valence-corrected chi connectivity index (χ2v) is 12.2. The monoisotopic (exact) mass is 582 g/mol. The van der Waals surface area contributed by atoms with E-state index in [9.17, 15) is 19.5 Å². The first-order valence-electron chi connectivity index (χ1n) is 14.1. The number of aromatic nitrogens is 2. The summed E-state index contributed by atoms with van der Waals surface area (Å²) in [6, 6.07) is 6.00. The standard InChI is InChI=1S/C30H43N7O5/c1-19(2)14-24(25(38)26-33-12-13-34-26)36(29(41)42-30(4,5)6)20(3)15-22-17-37(18-35-22,28(32)40)27(39)23(31)16-21-10-8-7-9-11-21/h7-13,17-20,23-25,38H,14-16,31H2,1-6H3,(H2-,32,33,34,40)/p+1/t20-,23+,24?,25+,37?/m1/s1. The van der Waals surface area contributed by atoms with E-state index in [0.29, 0.717) is 17.9 Å². The predicted octanol–water partition coefficient (Wildman–Crippen LogP) is 3.75. The zero-order valence-electron chi connectivity index (χ0n) is 25.2. The average molecular weight is 583 g/mol. The summed E-state index contributed by atoms with van der Waals surface area (Å²) in [5.74, 6) is -0.182. The highest BCUT2D eigenvalue weighted by atomic mass is 16.6. The number of aromatic amines is 1. The molecular formula is C30H44N7O5+. The van der Waals surface area contributed by atoms with Gasteiger partial charge in [-0.15, -0.1) is 4.48 Å². The lowest BCUT2D eigenvalue weighted by Gasteiger charge is -2.40. The van der Waals surface area contributed by atoms with Gasteiger partial charge in [0.15, 0.2) is 0 Å². The van der Waals surface area contributed by atoms with Crippen molar-refractivity contribution in [2.24, 2.45) is 22.4 Å². The van der Waals surface area contributed by atoms with Crippen LogP contribution in [0.1, 0.15) is 71.9 Å². The van der Waals surface area contributed by atoms with Gasteiger partial charge in [-0.1, -0.05) is 44.2 Å². The first-order chi connectivity index (χ1) is 19.6. The maximum absolute atomic E-state index is 13.6. The number of quaternary nitrogens is 1. The van der Waals surface area contributed by atoms with Crippen molar-refractivity contribution in [1.82, 2.24) is 14.9 Å². The zero-order chi connectivity index (χ0) is 31.2. The van der Waals surface area contributed by atoms with Crippen molar-refractivity contribution in [1.29, 1.82) is 0 Å². The van der Waals surface area contributed by atoms with E-state index in [1.165, 1.54) is 23.6 Å². The van der Waals surface area contributed by atoms with Gasteiger partial charge in [0.1, 0.15) is 35.5 Å². The molecule has 1 aromatic carbocycles. The van der Waals surface area contributed by atoms with Crippen LogP contribution in [0.2, 0.25) is 0 Å². The summed E-state index contributed by atoms with van der Waals surface area (Å²) in [5, 5.41) is 11.3. The van der Waals surface area contributed by atoms with Crippen LogP contribution in [-0.4, -0.2) is 72.6 Å². The van der Waals surface area contributed by atoms with Crippen LogP contribution in [0, 0.1) is 5.92 Å². The lowest BCUT2D eigenvalue weighted by atomic mass is 9.95. The SMILES string of the molecule is CC(C)CC([C@H](O)c1ncc[nH]1)N(C(=O)OC(C)(C)C)[C@H](C)CC1=C[N+](C(N)=O)(C(=O)[C@@H](N)Cc2ccccc2)C=N1. The number of hydrogen-bond donors (Lipinski definition) is 4. The highest BCUT2D eigenvalue weighted by molar-refractivity contribution is 5.95. The summed E-state index contributed by atoms with van der Waals surface area (Å²) >= 11 is 0. The lowest BCUT2D eigenvalue weighted by molar-refractivity contribution is -0.606. The summed E-state index contributed by atoms with van der Waals surface area (Å²) in [7, 11) is 0. The van der Waals surface area contributed by atoms with E-state index >= 15 is 0 Å². The number of imide groups is 1. The number of H-pyrrole nitrogens is 1. The Labute approximate surface area is 247 Å². The van der Waals surface area contributed by atoms with Crippen molar-refractivity contribution in [2.45, 2.75) is 90.6 Å². The summed E-state index contributed by atoms with van der Waals surface area (Å²) in [6.45, 7) is 11.1. The third-order valence-electron chi connectivity index (χ3n) is 6.92. The minimum absolute atomic E-state index is 0.114. The predicted molar refractivity (Wildman–Crippen MR) is 158 cm³/mol. The number of urea groups is 1. The van der Waals surface area contributed by atoms with E-state index in [1.807, 2.05) is 44.2 Å². The molecule has 42 heavy (non-hydrogen) atoms. The van der Waals surface area contributed by atoms with E-state index in [-0.39, 0.29) is 18.8 Å². The number of carbonyl (C=O) groups is 3. The van der Waals surface area contributed by atoms with E-state index in [1.54, 1.807) is 33.9 Å². The maximum atomic E-state index is 13.6. The van der Waals surface area contributed by atoms with Gasteiger partial charge < -0.3 is 26.3 Å². The fourth-order valence-corrected chi connectivity index (χ4v) is 5.01. The van der Waals surface area contributed by atoms with Crippen LogP contribution in [-0.2, 0) is 16.0 Å². The second-order valence-electron chi connectivity index (χ2n) is 12.2. The van der Waals surface area contributed by atoms with Crippen molar-refractivity contribution < 1.29 is 28.7 Å². The largest absolute Gasteiger partial charge is 0.444 e. The number of ether oxygens (including phenoxy) is 1. The molecule has 12 nitrogen and oxygen atoms in total. The lowest BCUT2D eigenvalue weighted by Crippen LogP contribution is -2.59. The summed E-state index contributed by atoms with van der Waals surface area (Å²) in [4.78, 5) is 52.8. The van der Waals surface area contributed by atoms with E-state index < -0.39 is 52.3 Å². The van der Waals surface area contributed by atoms with Crippen LogP contribution >= 0.6 is 0 Å². The zero-order valence-corrected chi connectivity index (χ0v) is 25.2. The van der Waals surface area contributed by atoms with E-state index in [2.05, 4.69) is 15.0 Å². The van der Waals surface area contributed by atoms with E-state index in [4.69, 9.17) is 16.2 Å². The molecule has 1 aromatic heterocycles. The molecule has 228 valence electrons. The third-order valence-corrected chi connectivity index (χ3v) is 6.92. The van der Waals surface area contributed by atoms with Crippen molar-refractivity contribution >= 4 is 24.4 Å². The number of nitrogens with two attached hydrogens (primary N) is 2. The Morgan fingerprint density at radius 1 is 1.12 bits per heavy atom. The van der Waals surface area contributed by atoms with Crippen molar-refractivity contribution in [3.8, 4) is 0 Å². The molecule has 5 atom stereocenters. The number of imidazole rings is 1. The van der Waals surface area contributed by atoms with Gasteiger partial charge >= 0.3 is 18.0 Å². The molecule has 2 heterocycles. The van der Waals surface area contributed by atoms with Gasteiger partial charge in [0.2, 0.25) is 6.34 Å². The number of hydrogen-bond acceptors (Lipinski definition) is 8. The van der Waals surface area contributed by atoms with Crippen LogP contribution in [0.25, 0.3) is 0 Å². The Kier molecular flexibility index (Phi) is 10.4. The van der Waals surface area contributed by atoms with E-state index in [0.717, 1.165) is 5.56 Å². The normalized spacial score (nSPS) is 19.6. The smallest absolute Gasteiger partial charge is 0.432 e. The third kappa shape index (κ3) is 7.90. The number of benzene rings is 1. The molecule has 3 rings (SSSR count). The molecule has 1 aliphatic heterocycles. The van der Waals surface area contributed by atoms with Crippen molar-refractivity contribution in [3.05, 3.63) is 66.0 Å². The molecule has 12 heteroatoms. The molecule has 0 saturated carbocycles. The fraction of sp³-hybridized carbons (Fsp3) is 0.500. The van der Waals surface area contributed by atoms with Gasteiger partial charge in [-0.05, 0) is 45.6 Å². The Morgan fingerprint density at radius 3 is 2.33 bits per heavy atom. The van der Waals surface area contributed by atoms with Crippen LogP contribution in [0.4, 0.5) is 9.59 Å². The number of aliphatic imine (C=N–C) groups is 1. The Bertz CT molecular complexity index is 1290. The number of nitrogens with one attached hydrogen (secondary N) is 1. The second kappa shape index (κ2) is 13.4. The first kappa shape index (κ1) is 32.6. The molecule has 1 aliphatic rings. The number of carbonyl (C=O) groups excluding carboxylic acids is 3. The van der Waals surface area contributed by atoms with Crippen LogP contribution in [0.3, 0.4) is 0 Å². The number of amides is 4. The number of nitrogens with zero attached hydrogens (tertiary/aromatic N) is 4. The van der Waals surface area contributed by atoms with Crippen molar-refractivity contribution in [3.63, 3.8) is 0 Å². The van der Waals surface area contributed by atoms with Gasteiger partial charge in [0, 0.05) is 31.3 Å². The Hall–Kier alpha value is -3.87. The molecule has 6 N–H and O–H groups in total. The number of aliphatic hydroxyl groups excluding tert-OH is 1. The molecule has 0 fully saturated rings. The fourth-order valence-electron chi connectivity index (χ4n) is 5.01. The highest BCUT2D eigenvalue weighted by Gasteiger charge is 2.48. The van der Waals surface area contributed by atoms with Crippen LogP contribution in [0.15, 0.2) is 59.6 Å². The van der Waals surface area contributed by atoms with Gasteiger partial charge in [-0.25, -0.2) is 24.4 Å². The number of aliphatic hydroxyl groups is 1. The molecule has 0 bridgehead atoms. The molecule has 2 aromatic rings. The minimum Gasteiger partial charge on any atom is -0.444 e. The molecule has 2 unspecified atom stereocenters. The number of primary amides is 1. The van der Waals surface area contributed by atoms with Gasteiger partial charge in [-0.2, -0.15) is 0 Å². The minimum atomic E-state index is -1.13. The van der Waals surface area contributed by atoms with Crippen LogP contribution < -0.4 is 11.5 Å². The van der Waals surface area contributed by atoms with Gasteiger partial charge in [0.25, 0.3) is 0 Å². The first-order valence-corrected chi connectivity index (χ1v) is 14.1. The summed E-state index contributed by atoms with van der Waals surface area (Å²) in [5.41, 5.74) is 12.4.